The van der Waals surface area contributed by atoms with Crippen molar-refractivity contribution >= 4 is 16.0 Å². The number of sulfonamides is 1. The van der Waals surface area contributed by atoms with Gasteiger partial charge < -0.3 is 9.15 Å². The number of benzene rings is 2. The van der Waals surface area contributed by atoms with Crippen molar-refractivity contribution in [2.24, 2.45) is 0 Å². The van der Waals surface area contributed by atoms with Crippen molar-refractivity contribution in [1.82, 2.24) is 9.29 Å². The first-order chi connectivity index (χ1) is 14.4. The third kappa shape index (κ3) is 4.15. The highest BCUT2D eigenvalue weighted by Gasteiger charge is 2.27. The van der Waals surface area contributed by atoms with Gasteiger partial charge in [-0.15, -0.1) is 0 Å². The Morgan fingerprint density at radius 3 is 2.40 bits per heavy atom. The summed E-state index contributed by atoms with van der Waals surface area (Å²) in [6, 6.07) is 15.3. The lowest BCUT2D eigenvalue weighted by Gasteiger charge is -2.15. The van der Waals surface area contributed by atoms with Crippen molar-refractivity contribution in [2.75, 3.05) is 13.1 Å². The number of hydrogen-bond donors (Lipinski definition) is 0. The zero-order chi connectivity index (χ0) is 21.1. The second-order valence-corrected chi connectivity index (χ2v) is 9.04. The molecule has 0 N–H and O–H groups in total. The van der Waals surface area contributed by atoms with E-state index < -0.39 is 16.0 Å². The molecule has 0 radical (unpaired) electrons. The van der Waals surface area contributed by atoms with Gasteiger partial charge in [0.25, 0.3) is 0 Å². The summed E-state index contributed by atoms with van der Waals surface area (Å²) >= 11 is 0. The molecular formula is C22H22N2O5S. The van der Waals surface area contributed by atoms with Gasteiger partial charge in [0.05, 0.1) is 10.5 Å². The van der Waals surface area contributed by atoms with Crippen LogP contribution in [-0.4, -0.2) is 36.8 Å². The fourth-order valence-corrected chi connectivity index (χ4v) is 4.84. The van der Waals surface area contributed by atoms with Crippen LogP contribution in [0.4, 0.5) is 0 Å². The van der Waals surface area contributed by atoms with Gasteiger partial charge in [-0.05, 0) is 56.2 Å². The number of oxazole rings is 1. The van der Waals surface area contributed by atoms with Gasteiger partial charge in [0.2, 0.25) is 15.9 Å². The fourth-order valence-electron chi connectivity index (χ4n) is 3.32. The maximum Gasteiger partial charge on any atom is 0.338 e. The van der Waals surface area contributed by atoms with Crippen LogP contribution in [-0.2, 0) is 21.4 Å². The molecule has 8 heteroatoms. The Bertz CT molecular complexity index is 1130. The van der Waals surface area contributed by atoms with E-state index in [1.54, 1.807) is 6.92 Å². The quantitative estimate of drug-likeness (QED) is 0.557. The average Bonchev–Trinajstić information content (AvgIpc) is 3.43. The summed E-state index contributed by atoms with van der Waals surface area (Å²) in [7, 11) is -3.51. The van der Waals surface area contributed by atoms with Gasteiger partial charge in [-0.3, -0.25) is 0 Å². The van der Waals surface area contributed by atoms with E-state index in [1.807, 2.05) is 30.3 Å². The van der Waals surface area contributed by atoms with Crippen LogP contribution < -0.4 is 0 Å². The molecule has 2 heterocycles. The van der Waals surface area contributed by atoms with Crippen molar-refractivity contribution in [3.63, 3.8) is 0 Å². The average molecular weight is 426 g/mol. The molecule has 0 aliphatic carbocycles. The lowest BCUT2D eigenvalue weighted by atomic mass is 10.2. The van der Waals surface area contributed by atoms with E-state index in [1.165, 1.54) is 28.6 Å². The van der Waals surface area contributed by atoms with E-state index >= 15 is 0 Å². The van der Waals surface area contributed by atoms with Gasteiger partial charge in [0.1, 0.15) is 18.1 Å². The summed E-state index contributed by atoms with van der Waals surface area (Å²) in [5, 5.41) is 0. The maximum absolute atomic E-state index is 12.6. The lowest BCUT2D eigenvalue weighted by molar-refractivity contribution is 0.0467. The third-order valence-electron chi connectivity index (χ3n) is 5.05. The fraction of sp³-hybridized carbons (Fsp3) is 0.273. The SMILES string of the molecule is Cc1oc(-c2ccccc2)nc1COC(=O)c1ccc(S(=O)(=O)N2CCCC2)cc1. The van der Waals surface area contributed by atoms with Gasteiger partial charge in [-0.1, -0.05) is 18.2 Å². The number of carbonyl (C=O) groups excluding carboxylic acids is 1. The van der Waals surface area contributed by atoms with Crippen molar-refractivity contribution in [3.05, 3.63) is 71.6 Å². The van der Waals surface area contributed by atoms with Crippen LogP contribution in [0.15, 0.2) is 63.9 Å². The standard InChI is InChI=1S/C22H22N2O5S/c1-16-20(23-21(29-16)17-7-3-2-4-8-17)15-28-22(25)18-9-11-19(12-10-18)30(26,27)24-13-5-6-14-24/h2-4,7-12H,5-6,13-15H2,1H3. The largest absolute Gasteiger partial charge is 0.455 e. The first-order valence-corrected chi connectivity index (χ1v) is 11.2. The molecule has 0 amide bonds. The minimum Gasteiger partial charge on any atom is -0.455 e. The highest BCUT2D eigenvalue weighted by molar-refractivity contribution is 7.89. The van der Waals surface area contributed by atoms with E-state index in [0.717, 1.165) is 18.4 Å². The monoisotopic (exact) mass is 426 g/mol. The normalized spacial score (nSPS) is 14.7. The molecule has 0 saturated carbocycles. The van der Waals surface area contributed by atoms with Crippen molar-refractivity contribution in [1.29, 1.82) is 0 Å². The molecule has 0 bridgehead atoms. The Balaban J connectivity index is 1.42. The molecule has 7 nitrogen and oxygen atoms in total. The van der Waals surface area contributed by atoms with Crippen LogP contribution >= 0.6 is 0 Å². The number of nitrogens with zero attached hydrogens (tertiary/aromatic N) is 2. The molecule has 1 aliphatic heterocycles. The summed E-state index contributed by atoms with van der Waals surface area (Å²) in [5.74, 6) is 0.494. The summed E-state index contributed by atoms with van der Waals surface area (Å²) in [6.07, 6.45) is 1.74. The number of carbonyl (C=O) groups is 1. The molecule has 4 rings (SSSR count). The third-order valence-corrected chi connectivity index (χ3v) is 6.96. The van der Waals surface area contributed by atoms with Crippen molar-refractivity contribution in [3.8, 4) is 11.5 Å². The Labute approximate surface area is 175 Å². The zero-order valence-electron chi connectivity index (χ0n) is 16.6. The van der Waals surface area contributed by atoms with Gasteiger partial charge in [-0.25, -0.2) is 18.2 Å². The number of aryl methyl sites for hydroxylation is 1. The van der Waals surface area contributed by atoms with E-state index in [9.17, 15) is 13.2 Å². The minimum atomic E-state index is -3.51. The van der Waals surface area contributed by atoms with Gasteiger partial charge in [0.15, 0.2) is 0 Å². The molecule has 30 heavy (non-hydrogen) atoms. The van der Waals surface area contributed by atoms with E-state index in [2.05, 4.69) is 4.98 Å². The predicted molar refractivity (Wildman–Crippen MR) is 110 cm³/mol. The molecule has 1 saturated heterocycles. The summed E-state index contributed by atoms with van der Waals surface area (Å²) < 4.78 is 37.6. The first kappa shape index (κ1) is 20.3. The maximum atomic E-state index is 12.6. The molecule has 1 fully saturated rings. The summed E-state index contributed by atoms with van der Waals surface area (Å²) in [5.41, 5.74) is 1.66. The smallest absolute Gasteiger partial charge is 0.338 e. The van der Waals surface area contributed by atoms with Crippen LogP contribution in [0.2, 0.25) is 0 Å². The van der Waals surface area contributed by atoms with E-state index in [0.29, 0.717) is 30.4 Å². The molecule has 0 spiro atoms. The van der Waals surface area contributed by atoms with Gasteiger partial charge in [0, 0.05) is 18.7 Å². The molecule has 0 atom stereocenters. The Kier molecular flexibility index (Phi) is 5.69. The summed E-state index contributed by atoms with van der Waals surface area (Å²) in [4.78, 5) is 17.0. The number of esters is 1. The minimum absolute atomic E-state index is 0.0329. The Hall–Kier alpha value is -2.97. The van der Waals surface area contributed by atoms with Crippen LogP contribution in [0, 0.1) is 6.92 Å². The molecular weight excluding hydrogens is 404 g/mol. The predicted octanol–water partition coefficient (Wildman–Crippen LogP) is 3.79. The molecule has 0 unspecified atom stereocenters. The Morgan fingerprint density at radius 1 is 1.07 bits per heavy atom. The first-order valence-electron chi connectivity index (χ1n) is 9.74. The van der Waals surface area contributed by atoms with E-state index in [-0.39, 0.29) is 17.1 Å². The van der Waals surface area contributed by atoms with E-state index in [4.69, 9.17) is 9.15 Å². The lowest BCUT2D eigenvalue weighted by Crippen LogP contribution is -2.27. The number of aromatic nitrogens is 1. The second-order valence-electron chi connectivity index (χ2n) is 7.10. The van der Waals surface area contributed by atoms with Gasteiger partial charge >= 0.3 is 5.97 Å². The number of hydrogen-bond acceptors (Lipinski definition) is 6. The highest BCUT2D eigenvalue weighted by atomic mass is 32.2. The second kappa shape index (κ2) is 8.41. The van der Waals surface area contributed by atoms with Crippen LogP contribution in [0.3, 0.4) is 0 Å². The number of rotatable bonds is 6. The molecule has 1 aromatic heterocycles. The van der Waals surface area contributed by atoms with Crippen molar-refractivity contribution < 1.29 is 22.4 Å². The topological polar surface area (TPSA) is 89.7 Å². The van der Waals surface area contributed by atoms with Gasteiger partial charge in [-0.2, -0.15) is 4.31 Å². The van der Waals surface area contributed by atoms with Crippen LogP contribution in [0.1, 0.15) is 34.7 Å². The molecule has 156 valence electrons. The molecule has 2 aromatic carbocycles. The summed E-state index contributed by atoms with van der Waals surface area (Å²) in [6.45, 7) is 2.80. The number of ether oxygens (including phenoxy) is 1. The molecule has 1 aliphatic rings. The Morgan fingerprint density at radius 2 is 1.73 bits per heavy atom. The highest BCUT2D eigenvalue weighted by Crippen LogP contribution is 2.23. The van der Waals surface area contributed by atoms with Crippen LogP contribution in [0.25, 0.3) is 11.5 Å². The zero-order valence-corrected chi connectivity index (χ0v) is 17.4. The van der Waals surface area contributed by atoms with Crippen molar-refractivity contribution in [2.45, 2.75) is 31.3 Å². The molecule has 3 aromatic rings. The van der Waals surface area contributed by atoms with Crippen LogP contribution in [0.5, 0.6) is 0 Å².